The summed E-state index contributed by atoms with van der Waals surface area (Å²) >= 11 is 0. The third kappa shape index (κ3) is 1.03. The molecular formula is C14H24O. The number of hydrogen-bond donors (Lipinski definition) is 1. The Labute approximate surface area is 93.6 Å². The highest BCUT2D eigenvalue weighted by atomic mass is 16.3. The lowest BCUT2D eigenvalue weighted by Gasteiger charge is -2.48. The van der Waals surface area contributed by atoms with Crippen molar-refractivity contribution in [3.05, 3.63) is 12.7 Å². The van der Waals surface area contributed by atoms with Gasteiger partial charge >= 0.3 is 0 Å². The zero-order valence-corrected chi connectivity index (χ0v) is 10.5. The van der Waals surface area contributed by atoms with E-state index in [9.17, 15) is 5.11 Å². The summed E-state index contributed by atoms with van der Waals surface area (Å²) in [5, 5.41) is 11.0. The summed E-state index contributed by atoms with van der Waals surface area (Å²) < 4.78 is 0. The maximum atomic E-state index is 11.0. The van der Waals surface area contributed by atoms with E-state index in [1.807, 2.05) is 6.08 Å². The number of aliphatic hydroxyl groups is 1. The summed E-state index contributed by atoms with van der Waals surface area (Å²) in [5.41, 5.74) is -0.182. The lowest BCUT2D eigenvalue weighted by atomic mass is 9.61. The highest BCUT2D eigenvalue weighted by Crippen LogP contribution is 2.71. The van der Waals surface area contributed by atoms with Crippen LogP contribution in [0.3, 0.4) is 0 Å². The summed E-state index contributed by atoms with van der Waals surface area (Å²) in [7, 11) is 0. The molecule has 0 heterocycles. The molecule has 4 unspecified atom stereocenters. The Kier molecular flexibility index (Phi) is 2.15. The van der Waals surface area contributed by atoms with Crippen LogP contribution in [0.1, 0.15) is 47.0 Å². The maximum absolute atomic E-state index is 11.0. The fourth-order valence-electron chi connectivity index (χ4n) is 4.21. The van der Waals surface area contributed by atoms with E-state index in [1.165, 1.54) is 12.8 Å². The second kappa shape index (κ2) is 2.88. The van der Waals surface area contributed by atoms with Gasteiger partial charge in [0.05, 0.1) is 5.60 Å². The van der Waals surface area contributed by atoms with Crippen molar-refractivity contribution in [3.63, 3.8) is 0 Å². The molecule has 0 saturated heterocycles. The Morgan fingerprint density at radius 1 is 1.40 bits per heavy atom. The van der Waals surface area contributed by atoms with Gasteiger partial charge in [0.2, 0.25) is 0 Å². The third-order valence-electron chi connectivity index (χ3n) is 6.06. The van der Waals surface area contributed by atoms with Crippen molar-refractivity contribution < 1.29 is 5.11 Å². The van der Waals surface area contributed by atoms with Crippen LogP contribution in [-0.4, -0.2) is 10.7 Å². The molecule has 0 aromatic rings. The van der Waals surface area contributed by atoms with E-state index in [-0.39, 0.29) is 16.7 Å². The molecule has 0 spiro atoms. The first kappa shape index (κ1) is 11.2. The minimum absolute atomic E-state index is 0.0677. The maximum Gasteiger partial charge on any atom is 0.0768 e. The predicted molar refractivity (Wildman–Crippen MR) is 63.5 cm³/mol. The van der Waals surface area contributed by atoms with Gasteiger partial charge in [0.25, 0.3) is 0 Å². The second-order valence-corrected chi connectivity index (χ2v) is 6.44. The molecule has 0 amide bonds. The second-order valence-electron chi connectivity index (χ2n) is 6.44. The molecule has 0 aromatic carbocycles. The van der Waals surface area contributed by atoms with Gasteiger partial charge in [0.15, 0.2) is 0 Å². The average Bonchev–Trinajstić information content (AvgIpc) is 2.48. The normalized spacial score (nSPS) is 49.3. The van der Waals surface area contributed by atoms with Crippen LogP contribution < -0.4 is 0 Å². The summed E-state index contributed by atoms with van der Waals surface area (Å²) in [6, 6.07) is 0. The van der Waals surface area contributed by atoms with Gasteiger partial charge in [0.1, 0.15) is 0 Å². The highest BCUT2D eigenvalue weighted by molar-refractivity contribution is 5.20. The quantitative estimate of drug-likeness (QED) is 0.690. The number of fused-ring (bicyclic) bond motifs is 2. The molecule has 2 saturated carbocycles. The molecule has 2 bridgehead atoms. The van der Waals surface area contributed by atoms with Crippen LogP contribution in [0.5, 0.6) is 0 Å². The fourth-order valence-corrected chi connectivity index (χ4v) is 4.21. The van der Waals surface area contributed by atoms with Gasteiger partial charge in [-0.15, -0.1) is 6.58 Å². The predicted octanol–water partition coefficient (Wildman–Crippen LogP) is 3.39. The van der Waals surface area contributed by atoms with Crippen molar-refractivity contribution in [2.75, 3.05) is 0 Å². The Bertz CT molecular complexity index is 294. The molecule has 0 radical (unpaired) electrons. The van der Waals surface area contributed by atoms with Crippen LogP contribution in [0.2, 0.25) is 0 Å². The minimum Gasteiger partial charge on any atom is -0.389 e. The SMILES string of the molecule is C=CC(C)C1(O)CC2CCC1(C)C2(C)C. The lowest BCUT2D eigenvalue weighted by Crippen LogP contribution is -2.51. The van der Waals surface area contributed by atoms with Gasteiger partial charge in [-0.25, -0.2) is 0 Å². The summed E-state index contributed by atoms with van der Waals surface area (Å²) in [6.45, 7) is 12.9. The van der Waals surface area contributed by atoms with Crippen LogP contribution in [-0.2, 0) is 0 Å². The van der Waals surface area contributed by atoms with Gasteiger partial charge in [-0.3, -0.25) is 0 Å². The van der Waals surface area contributed by atoms with Crippen LogP contribution >= 0.6 is 0 Å². The molecule has 4 atom stereocenters. The van der Waals surface area contributed by atoms with Crippen molar-refractivity contribution in [2.24, 2.45) is 22.7 Å². The van der Waals surface area contributed by atoms with Crippen LogP contribution in [0.25, 0.3) is 0 Å². The first-order valence-electron chi connectivity index (χ1n) is 6.14. The zero-order chi connectivity index (χ0) is 11.5. The van der Waals surface area contributed by atoms with E-state index >= 15 is 0 Å². The van der Waals surface area contributed by atoms with E-state index in [0.717, 1.165) is 6.42 Å². The molecule has 2 rings (SSSR count). The molecule has 2 fully saturated rings. The minimum atomic E-state index is -0.527. The average molecular weight is 208 g/mol. The monoisotopic (exact) mass is 208 g/mol. The Morgan fingerprint density at radius 3 is 2.33 bits per heavy atom. The highest BCUT2D eigenvalue weighted by Gasteiger charge is 2.69. The summed E-state index contributed by atoms with van der Waals surface area (Å²) in [5.74, 6) is 0.891. The van der Waals surface area contributed by atoms with Crippen LogP contribution in [0.15, 0.2) is 12.7 Å². The summed E-state index contributed by atoms with van der Waals surface area (Å²) in [4.78, 5) is 0. The van der Waals surface area contributed by atoms with E-state index in [2.05, 4.69) is 34.3 Å². The van der Waals surface area contributed by atoms with E-state index in [1.54, 1.807) is 0 Å². The fraction of sp³-hybridized carbons (Fsp3) is 0.857. The third-order valence-corrected chi connectivity index (χ3v) is 6.06. The molecule has 1 heteroatoms. The first-order valence-corrected chi connectivity index (χ1v) is 6.14. The molecule has 0 aliphatic heterocycles. The standard InChI is InChI=1S/C14H24O/c1-6-10(2)14(15)9-11-7-8-13(14,5)12(11,3)4/h6,10-11,15H,1,7-9H2,2-5H3. The number of rotatable bonds is 2. The molecular weight excluding hydrogens is 184 g/mol. The molecule has 1 nitrogen and oxygen atoms in total. The van der Waals surface area contributed by atoms with Crippen molar-refractivity contribution in [3.8, 4) is 0 Å². The zero-order valence-electron chi connectivity index (χ0n) is 10.5. The Balaban J connectivity index is 2.45. The Hall–Kier alpha value is -0.300. The van der Waals surface area contributed by atoms with E-state index in [4.69, 9.17) is 0 Å². The van der Waals surface area contributed by atoms with E-state index < -0.39 is 5.60 Å². The van der Waals surface area contributed by atoms with Crippen molar-refractivity contribution in [2.45, 2.75) is 52.6 Å². The van der Waals surface area contributed by atoms with E-state index in [0.29, 0.717) is 5.92 Å². The van der Waals surface area contributed by atoms with Gasteiger partial charge in [-0.2, -0.15) is 0 Å². The smallest absolute Gasteiger partial charge is 0.0768 e. The van der Waals surface area contributed by atoms with Crippen LogP contribution in [0, 0.1) is 22.7 Å². The van der Waals surface area contributed by atoms with Crippen LogP contribution in [0.4, 0.5) is 0 Å². The van der Waals surface area contributed by atoms with Gasteiger partial charge in [-0.1, -0.05) is 33.8 Å². The summed E-state index contributed by atoms with van der Waals surface area (Å²) in [6.07, 6.45) is 5.33. The molecule has 15 heavy (non-hydrogen) atoms. The largest absolute Gasteiger partial charge is 0.389 e. The van der Waals surface area contributed by atoms with Crippen molar-refractivity contribution in [1.29, 1.82) is 0 Å². The number of hydrogen-bond acceptors (Lipinski definition) is 1. The van der Waals surface area contributed by atoms with Crippen molar-refractivity contribution in [1.82, 2.24) is 0 Å². The molecule has 2 aliphatic rings. The van der Waals surface area contributed by atoms with Gasteiger partial charge < -0.3 is 5.11 Å². The topological polar surface area (TPSA) is 20.2 Å². The van der Waals surface area contributed by atoms with Gasteiger partial charge in [0, 0.05) is 11.3 Å². The first-order chi connectivity index (χ1) is 6.79. The lowest BCUT2D eigenvalue weighted by molar-refractivity contribution is -0.113. The van der Waals surface area contributed by atoms with Crippen molar-refractivity contribution >= 4 is 0 Å². The molecule has 2 aliphatic carbocycles. The molecule has 0 aromatic heterocycles. The Morgan fingerprint density at radius 2 is 2.00 bits per heavy atom. The molecule has 86 valence electrons. The molecule has 1 N–H and O–H groups in total. The van der Waals surface area contributed by atoms with Gasteiger partial charge in [-0.05, 0) is 30.6 Å².